The first-order chi connectivity index (χ1) is 13.2. The topological polar surface area (TPSA) is 56.5 Å². The number of fused-ring (bicyclic) bond motifs is 1. The molecule has 0 bridgehead atoms. The number of para-hydroxylation sites is 2. The molecule has 1 aromatic heterocycles. The molecule has 0 atom stereocenters. The van der Waals surface area contributed by atoms with Gasteiger partial charge in [0, 0.05) is 5.56 Å². The zero-order valence-electron chi connectivity index (χ0n) is 14.6. The molecule has 132 valence electrons. The van der Waals surface area contributed by atoms with E-state index < -0.39 is 5.78 Å². The lowest BCUT2D eigenvalue weighted by Gasteiger charge is -2.11. The summed E-state index contributed by atoms with van der Waals surface area (Å²) in [4.78, 5) is 26.6. The van der Waals surface area contributed by atoms with Crippen LogP contribution in [0.5, 0.6) is 5.75 Å². The fourth-order valence-electron chi connectivity index (χ4n) is 3.11. The van der Waals surface area contributed by atoms with Gasteiger partial charge in [-0.15, -0.1) is 0 Å². The Bertz CT molecular complexity index is 1190. The van der Waals surface area contributed by atoms with Gasteiger partial charge in [-0.3, -0.25) is 9.59 Å². The highest BCUT2D eigenvalue weighted by Gasteiger charge is 2.25. The Morgan fingerprint density at radius 1 is 0.852 bits per heavy atom. The van der Waals surface area contributed by atoms with Gasteiger partial charge in [-0.1, -0.05) is 54.6 Å². The van der Waals surface area contributed by atoms with E-state index in [2.05, 4.69) is 0 Å². The maximum absolute atomic E-state index is 13.3. The van der Waals surface area contributed by atoms with Crippen molar-refractivity contribution < 1.29 is 13.9 Å². The summed E-state index contributed by atoms with van der Waals surface area (Å²) in [5.74, 6) is 0.245. The highest BCUT2D eigenvalue weighted by atomic mass is 16.5. The van der Waals surface area contributed by atoms with Gasteiger partial charge in [0.15, 0.2) is 0 Å². The van der Waals surface area contributed by atoms with Gasteiger partial charge < -0.3 is 9.15 Å². The molecular weight excluding hydrogens is 340 g/mol. The Morgan fingerprint density at radius 2 is 1.52 bits per heavy atom. The van der Waals surface area contributed by atoms with E-state index in [0.29, 0.717) is 27.8 Å². The lowest BCUT2D eigenvalue weighted by atomic mass is 9.97. The Morgan fingerprint density at radius 3 is 2.30 bits per heavy atom. The molecule has 0 saturated heterocycles. The Kier molecular flexibility index (Phi) is 4.30. The number of hydrogen-bond acceptors (Lipinski definition) is 4. The number of ketones is 1. The summed E-state index contributed by atoms with van der Waals surface area (Å²) in [6.45, 7) is 0. The SMILES string of the molecule is COc1ccccc1C(=O)c1c(-c2ccccc2)oc2ccccc2c1=O. The lowest BCUT2D eigenvalue weighted by Crippen LogP contribution is -2.18. The zero-order valence-corrected chi connectivity index (χ0v) is 14.6. The van der Waals surface area contributed by atoms with Gasteiger partial charge >= 0.3 is 0 Å². The van der Waals surface area contributed by atoms with E-state index in [4.69, 9.17) is 9.15 Å². The third-order valence-electron chi connectivity index (χ3n) is 4.41. The smallest absolute Gasteiger partial charge is 0.204 e. The summed E-state index contributed by atoms with van der Waals surface area (Å²) < 4.78 is 11.3. The van der Waals surface area contributed by atoms with Gasteiger partial charge in [0.05, 0.1) is 18.1 Å². The molecule has 0 N–H and O–H groups in total. The predicted molar refractivity (Wildman–Crippen MR) is 104 cm³/mol. The predicted octanol–water partition coefficient (Wildman–Crippen LogP) is 4.70. The highest BCUT2D eigenvalue weighted by molar-refractivity contribution is 6.14. The van der Waals surface area contributed by atoms with Crippen LogP contribution in [0.15, 0.2) is 88.1 Å². The molecule has 0 saturated carbocycles. The van der Waals surface area contributed by atoms with E-state index in [0.717, 1.165) is 0 Å². The Hall–Kier alpha value is -3.66. The van der Waals surface area contributed by atoms with E-state index in [1.807, 2.05) is 30.3 Å². The average Bonchev–Trinajstić information content (AvgIpc) is 2.74. The van der Waals surface area contributed by atoms with Crippen LogP contribution in [0, 0.1) is 0 Å². The van der Waals surface area contributed by atoms with Crippen molar-refractivity contribution in [3.8, 4) is 17.1 Å². The van der Waals surface area contributed by atoms with Gasteiger partial charge in [0.2, 0.25) is 11.2 Å². The molecule has 0 unspecified atom stereocenters. The molecule has 4 nitrogen and oxygen atoms in total. The maximum Gasteiger partial charge on any atom is 0.204 e. The fourth-order valence-corrected chi connectivity index (χ4v) is 3.11. The van der Waals surface area contributed by atoms with Crippen LogP contribution in [0.4, 0.5) is 0 Å². The van der Waals surface area contributed by atoms with E-state index in [9.17, 15) is 9.59 Å². The van der Waals surface area contributed by atoms with Crippen molar-refractivity contribution in [2.75, 3.05) is 7.11 Å². The van der Waals surface area contributed by atoms with Crippen LogP contribution in [0.3, 0.4) is 0 Å². The third kappa shape index (κ3) is 2.91. The molecule has 4 heteroatoms. The van der Waals surface area contributed by atoms with Crippen molar-refractivity contribution in [3.63, 3.8) is 0 Å². The van der Waals surface area contributed by atoms with Crippen molar-refractivity contribution in [1.29, 1.82) is 0 Å². The summed E-state index contributed by atoms with van der Waals surface area (Å²) in [6, 6.07) is 22.9. The first kappa shape index (κ1) is 16.8. The molecule has 0 spiro atoms. The molecule has 4 rings (SSSR count). The van der Waals surface area contributed by atoms with E-state index in [-0.39, 0.29) is 16.8 Å². The van der Waals surface area contributed by atoms with E-state index in [1.54, 1.807) is 48.5 Å². The number of carbonyl (C=O) groups is 1. The first-order valence-corrected chi connectivity index (χ1v) is 8.49. The van der Waals surface area contributed by atoms with E-state index in [1.165, 1.54) is 7.11 Å². The van der Waals surface area contributed by atoms with Crippen molar-refractivity contribution in [2.45, 2.75) is 0 Å². The van der Waals surface area contributed by atoms with Crippen LogP contribution in [-0.4, -0.2) is 12.9 Å². The molecule has 3 aromatic carbocycles. The molecule has 4 aromatic rings. The first-order valence-electron chi connectivity index (χ1n) is 8.49. The molecular formula is C23H16O4. The summed E-state index contributed by atoms with van der Waals surface area (Å²) >= 11 is 0. The number of ether oxygens (including phenoxy) is 1. The monoisotopic (exact) mass is 356 g/mol. The van der Waals surface area contributed by atoms with Gasteiger partial charge in [0.1, 0.15) is 22.7 Å². The minimum absolute atomic E-state index is 0.00407. The average molecular weight is 356 g/mol. The summed E-state index contributed by atoms with van der Waals surface area (Å²) in [6.07, 6.45) is 0. The van der Waals surface area contributed by atoms with Gasteiger partial charge in [-0.05, 0) is 24.3 Å². The van der Waals surface area contributed by atoms with Gasteiger partial charge in [-0.2, -0.15) is 0 Å². The molecule has 27 heavy (non-hydrogen) atoms. The zero-order chi connectivity index (χ0) is 18.8. The third-order valence-corrected chi connectivity index (χ3v) is 4.41. The second kappa shape index (κ2) is 6.92. The minimum Gasteiger partial charge on any atom is -0.496 e. The van der Waals surface area contributed by atoms with Crippen molar-refractivity contribution >= 4 is 16.8 Å². The summed E-state index contributed by atoms with van der Waals surface area (Å²) in [7, 11) is 1.49. The van der Waals surface area contributed by atoms with Crippen molar-refractivity contribution in [3.05, 3.63) is 100 Å². The van der Waals surface area contributed by atoms with Crippen LogP contribution in [0.25, 0.3) is 22.3 Å². The Balaban J connectivity index is 2.05. The van der Waals surface area contributed by atoms with Crippen molar-refractivity contribution in [2.24, 2.45) is 0 Å². The second-order valence-electron chi connectivity index (χ2n) is 6.03. The van der Waals surface area contributed by atoms with Gasteiger partial charge in [0.25, 0.3) is 0 Å². The second-order valence-corrected chi connectivity index (χ2v) is 6.03. The van der Waals surface area contributed by atoms with Crippen LogP contribution in [-0.2, 0) is 0 Å². The molecule has 0 amide bonds. The molecule has 0 radical (unpaired) electrons. The lowest BCUT2D eigenvalue weighted by molar-refractivity contribution is 0.103. The van der Waals surface area contributed by atoms with Crippen LogP contribution >= 0.6 is 0 Å². The quantitative estimate of drug-likeness (QED) is 0.497. The standard InChI is InChI=1S/C23H16O4/c1-26-18-13-7-5-11-16(18)21(24)20-22(25)17-12-6-8-14-19(17)27-23(20)15-9-3-2-4-10-15/h2-14H,1H3. The molecule has 0 aliphatic rings. The van der Waals surface area contributed by atoms with Gasteiger partial charge in [-0.25, -0.2) is 0 Å². The fraction of sp³-hybridized carbons (Fsp3) is 0.0435. The van der Waals surface area contributed by atoms with Crippen LogP contribution < -0.4 is 10.2 Å². The number of methoxy groups -OCH3 is 1. The van der Waals surface area contributed by atoms with E-state index >= 15 is 0 Å². The normalized spacial score (nSPS) is 10.7. The number of rotatable bonds is 4. The largest absolute Gasteiger partial charge is 0.496 e. The van der Waals surface area contributed by atoms with Crippen LogP contribution in [0.2, 0.25) is 0 Å². The number of benzene rings is 3. The highest BCUT2D eigenvalue weighted by Crippen LogP contribution is 2.29. The van der Waals surface area contributed by atoms with Crippen LogP contribution in [0.1, 0.15) is 15.9 Å². The number of hydrogen-bond donors (Lipinski definition) is 0. The molecule has 1 heterocycles. The number of carbonyl (C=O) groups excluding carboxylic acids is 1. The van der Waals surface area contributed by atoms with Crippen molar-refractivity contribution in [1.82, 2.24) is 0 Å². The molecule has 0 aliphatic heterocycles. The molecule has 0 fully saturated rings. The maximum atomic E-state index is 13.3. The molecule has 0 aliphatic carbocycles. The Labute approximate surface area is 155 Å². The minimum atomic E-state index is -0.425. The summed E-state index contributed by atoms with van der Waals surface area (Å²) in [5.41, 5.74) is 1.08. The summed E-state index contributed by atoms with van der Waals surface area (Å²) in [5, 5.41) is 0.371.